The van der Waals surface area contributed by atoms with Gasteiger partial charge in [-0.3, -0.25) is 4.98 Å². The number of halogens is 1. The molecular weight excluding hydrogens is 228 g/mol. The van der Waals surface area contributed by atoms with Crippen molar-refractivity contribution in [2.24, 2.45) is 0 Å². The number of ether oxygens (including phenoxy) is 1. The molecule has 2 rings (SSSR count). The Hall–Kier alpha value is -1.88. The van der Waals surface area contributed by atoms with E-state index < -0.39 is 0 Å². The lowest BCUT2D eigenvalue weighted by Gasteiger charge is -2.05. The van der Waals surface area contributed by atoms with E-state index in [1.807, 2.05) is 0 Å². The van der Waals surface area contributed by atoms with Crippen molar-refractivity contribution < 1.29 is 4.74 Å². The van der Waals surface area contributed by atoms with Gasteiger partial charge < -0.3 is 10.5 Å². The number of hydrogen-bond donors (Lipinski definition) is 1. The van der Waals surface area contributed by atoms with E-state index in [-0.39, 0.29) is 0 Å². The minimum Gasteiger partial charge on any atom is -0.437 e. The molecule has 2 aromatic rings. The summed E-state index contributed by atoms with van der Waals surface area (Å²) in [6, 6.07) is 3.18. The van der Waals surface area contributed by atoms with Gasteiger partial charge in [-0.25, -0.2) is 4.98 Å². The van der Waals surface area contributed by atoms with E-state index in [1.165, 1.54) is 12.3 Å². The van der Waals surface area contributed by atoms with Crippen LogP contribution in [0.3, 0.4) is 0 Å². The summed E-state index contributed by atoms with van der Waals surface area (Å²) in [5, 5.41) is 0.497. The van der Waals surface area contributed by atoms with Crippen molar-refractivity contribution in [1.29, 1.82) is 0 Å². The number of aromatic nitrogens is 3. The third-order valence-corrected chi connectivity index (χ3v) is 1.94. The van der Waals surface area contributed by atoms with Gasteiger partial charge in [-0.2, -0.15) is 4.98 Å². The Morgan fingerprint density at radius 3 is 2.75 bits per heavy atom. The molecule has 2 N–H and O–H groups in total. The fourth-order valence-corrected chi connectivity index (χ4v) is 1.35. The summed E-state index contributed by atoms with van der Waals surface area (Å²) >= 11 is 5.77. The topological polar surface area (TPSA) is 73.9 Å². The molecule has 0 aliphatic heterocycles. The van der Waals surface area contributed by atoms with Gasteiger partial charge in [0.25, 0.3) is 0 Å². The fourth-order valence-electron chi connectivity index (χ4n) is 1.18. The number of anilines is 1. The molecule has 0 fully saturated rings. The highest BCUT2D eigenvalue weighted by molar-refractivity contribution is 6.30. The van der Waals surface area contributed by atoms with Gasteiger partial charge >= 0.3 is 0 Å². The Morgan fingerprint density at radius 2 is 2.06 bits per heavy atom. The number of hydrogen-bond acceptors (Lipinski definition) is 5. The first-order chi connectivity index (χ1) is 7.63. The second-order valence-electron chi connectivity index (χ2n) is 3.12. The fraction of sp³-hybridized carbons (Fsp3) is 0.100. The summed E-state index contributed by atoms with van der Waals surface area (Å²) < 4.78 is 5.44. The first-order valence-electron chi connectivity index (χ1n) is 4.53. The van der Waals surface area contributed by atoms with Crippen LogP contribution in [-0.2, 0) is 0 Å². The predicted molar refractivity (Wildman–Crippen MR) is 60.5 cm³/mol. The maximum atomic E-state index is 5.77. The summed E-state index contributed by atoms with van der Waals surface area (Å²) in [7, 11) is 0. The van der Waals surface area contributed by atoms with Crippen LogP contribution in [0.15, 0.2) is 24.5 Å². The van der Waals surface area contributed by atoms with Crippen molar-refractivity contribution in [2.45, 2.75) is 6.92 Å². The monoisotopic (exact) mass is 236 g/mol. The molecule has 5 nitrogen and oxygen atoms in total. The van der Waals surface area contributed by atoms with Crippen LogP contribution >= 0.6 is 11.6 Å². The Morgan fingerprint density at radius 1 is 1.25 bits per heavy atom. The van der Waals surface area contributed by atoms with Gasteiger partial charge in [0.2, 0.25) is 5.88 Å². The van der Waals surface area contributed by atoms with Crippen LogP contribution in [0.5, 0.6) is 11.6 Å². The number of rotatable bonds is 2. The first-order valence-corrected chi connectivity index (χ1v) is 4.91. The summed E-state index contributed by atoms with van der Waals surface area (Å²) in [6.07, 6.45) is 3.06. The van der Waals surface area contributed by atoms with Gasteiger partial charge in [-0.05, 0) is 6.92 Å². The van der Waals surface area contributed by atoms with Gasteiger partial charge in [0.15, 0.2) is 0 Å². The standard InChI is InChI=1S/C10H9ClN4O/c1-6-14-9(12)3-10(15-6)16-8-2-7(11)4-13-5-8/h2-5H,1H3,(H2,12,14,15). The third kappa shape index (κ3) is 2.58. The minimum absolute atomic E-state index is 0.359. The van der Waals surface area contributed by atoms with Gasteiger partial charge in [0.1, 0.15) is 17.4 Å². The highest BCUT2D eigenvalue weighted by Crippen LogP contribution is 2.22. The van der Waals surface area contributed by atoms with Gasteiger partial charge in [0, 0.05) is 18.3 Å². The van der Waals surface area contributed by atoms with Crippen LogP contribution in [0, 0.1) is 6.92 Å². The Kier molecular flexibility index (Phi) is 2.87. The van der Waals surface area contributed by atoms with Crippen molar-refractivity contribution in [1.82, 2.24) is 15.0 Å². The van der Waals surface area contributed by atoms with E-state index in [0.29, 0.717) is 28.3 Å². The Balaban J connectivity index is 2.27. The molecule has 2 heterocycles. The lowest BCUT2D eigenvalue weighted by atomic mass is 10.4. The lowest BCUT2D eigenvalue weighted by Crippen LogP contribution is -1.97. The third-order valence-electron chi connectivity index (χ3n) is 1.74. The highest BCUT2D eigenvalue weighted by Gasteiger charge is 2.02. The number of nitrogens with two attached hydrogens (primary N) is 1. The highest BCUT2D eigenvalue weighted by atomic mass is 35.5. The largest absolute Gasteiger partial charge is 0.437 e. The average molecular weight is 237 g/mol. The van der Waals surface area contributed by atoms with E-state index in [1.54, 1.807) is 19.2 Å². The minimum atomic E-state index is 0.359. The zero-order valence-corrected chi connectivity index (χ0v) is 9.27. The van der Waals surface area contributed by atoms with Crippen LogP contribution in [-0.4, -0.2) is 15.0 Å². The van der Waals surface area contributed by atoms with Gasteiger partial charge in [0.05, 0.1) is 11.2 Å². The molecular formula is C10H9ClN4O. The van der Waals surface area contributed by atoms with E-state index in [2.05, 4.69) is 15.0 Å². The maximum Gasteiger partial charge on any atom is 0.224 e. The van der Waals surface area contributed by atoms with Crippen molar-refractivity contribution >= 4 is 17.4 Å². The van der Waals surface area contributed by atoms with Gasteiger partial charge in [-0.1, -0.05) is 11.6 Å². The first kappa shape index (κ1) is 10.6. The van der Waals surface area contributed by atoms with Crippen LogP contribution in [0.25, 0.3) is 0 Å². The lowest BCUT2D eigenvalue weighted by molar-refractivity contribution is 0.458. The number of nitrogens with zero attached hydrogens (tertiary/aromatic N) is 3. The van der Waals surface area contributed by atoms with Crippen molar-refractivity contribution in [2.75, 3.05) is 5.73 Å². The zero-order valence-electron chi connectivity index (χ0n) is 8.51. The summed E-state index contributed by atoms with van der Waals surface area (Å²) in [5.74, 6) is 1.78. The van der Waals surface area contributed by atoms with E-state index in [4.69, 9.17) is 22.1 Å². The van der Waals surface area contributed by atoms with E-state index in [0.717, 1.165) is 0 Å². The van der Waals surface area contributed by atoms with Crippen LogP contribution in [0.4, 0.5) is 5.82 Å². The molecule has 0 aliphatic rings. The SMILES string of the molecule is Cc1nc(N)cc(Oc2cncc(Cl)c2)n1. The van der Waals surface area contributed by atoms with Crippen molar-refractivity contribution in [3.63, 3.8) is 0 Å². The molecule has 0 unspecified atom stereocenters. The zero-order chi connectivity index (χ0) is 11.5. The predicted octanol–water partition coefficient (Wildman–Crippen LogP) is 2.21. The van der Waals surface area contributed by atoms with Crippen LogP contribution in [0.2, 0.25) is 5.02 Å². The maximum absolute atomic E-state index is 5.77. The molecule has 0 saturated heterocycles. The summed E-state index contributed by atoms with van der Waals surface area (Å²) in [6.45, 7) is 1.74. The number of nitrogen functional groups attached to an aromatic ring is 1. The molecule has 6 heteroatoms. The van der Waals surface area contributed by atoms with Gasteiger partial charge in [-0.15, -0.1) is 0 Å². The second kappa shape index (κ2) is 4.32. The van der Waals surface area contributed by atoms with E-state index in [9.17, 15) is 0 Å². The molecule has 2 aromatic heterocycles. The molecule has 0 aromatic carbocycles. The normalized spacial score (nSPS) is 10.1. The van der Waals surface area contributed by atoms with Crippen LogP contribution in [0.1, 0.15) is 5.82 Å². The van der Waals surface area contributed by atoms with Crippen molar-refractivity contribution in [3.05, 3.63) is 35.4 Å². The molecule has 0 spiro atoms. The number of pyridine rings is 1. The molecule has 0 bridgehead atoms. The smallest absolute Gasteiger partial charge is 0.224 e. The molecule has 0 aliphatic carbocycles. The Labute approximate surface area is 97.3 Å². The average Bonchev–Trinajstić information content (AvgIpc) is 2.15. The molecule has 16 heavy (non-hydrogen) atoms. The summed E-state index contributed by atoms with van der Waals surface area (Å²) in [4.78, 5) is 11.9. The van der Waals surface area contributed by atoms with Crippen molar-refractivity contribution in [3.8, 4) is 11.6 Å². The quantitative estimate of drug-likeness (QED) is 0.865. The molecule has 0 atom stereocenters. The Bertz CT molecular complexity index is 498. The molecule has 82 valence electrons. The summed E-state index contributed by atoms with van der Waals surface area (Å²) in [5.41, 5.74) is 5.57. The molecule has 0 radical (unpaired) electrons. The van der Waals surface area contributed by atoms with Crippen LogP contribution < -0.4 is 10.5 Å². The molecule has 0 saturated carbocycles. The number of aryl methyl sites for hydroxylation is 1. The second-order valence-corrected chi connectivity index (χ2v) is 3.56. The molecule has 0 amide bonds. The van der Waals surface area contributed by atoms with E-state index >= 15 is 0 Å².